The van der Waals surface area contributed by atoms with E-state index in [2.05, 4.69) is 6.08 Å². The van der Waals surface area contributed by atoms with Gasteiger partial charge < -0.3 is 14.9 Å². The van der Waals surface area contributed by atoms with Gasteiger partial charge in [-0.1, -0.05) is 48.1 Å². The zero-order valence-electron chi connectivity index (χ0n) is 18.3. The maximum Gasteiger partial charge on any atom is 0.338 e. The van der Waals surface area contributed by atoms with Crippen LogP contribution in [0.4, 0.5) is 0 Å². The van der Waals surface area contributed by atoms with Crippen molar-refractivity contribution in [3.63, 3.8) is 0 Å². The van der Waals surface area contributed by atoms with E-state index in [4.69, 9.17) is 4.74 Å². The van der Waals surface area contributed by atoms with E-state index >= 15 is 0 Å². The Bertz CT molecular complexity index is 713. The van der Waals surface area contributed by atoms with Crippen LogP contribution in [0.2, 0.25) is 0 Å². The summed E-state index contributed by atoms with van der Waals surface area (Å²) in [7, 11) is 1.23. The molecule has 2 aliphatic carbocycles. The first-order valence-electron chi connectivity index (χ1n) is 11.0. The van der Waals surface area contributed by atoms with Crippen molar-refractivity contribution in [3.05, 3.63) is 48.1 Å². The summed E-state index contributed by atoms with van der Waals surface area (Å²) in [6.45, 7) is 1.81. The smallest absolute Gasteiger partial charge is 0.338 e. The monoisotopic (exact) mass is 416 g/mol. The molecular formula is C25H36O5. The van der Waals surface area contributed by atoms with E-state index in [0.717, 1.165) is 25.7 Å². The van der Waals surface area contributed by atoms with E-state index in [-0.39, 0.29) is 12.2 Å². The number of carbonyl (C=O) groups is 2. The van der Waals surface area contributed by atoms with E-state index in [0.29, 0.717) is 25.7 Å². The van der Waals surface area contributed by atoms with Crippen LogP contribution in [0.15, 0.2) is 48.1 Å². The van der Waals surface area contributed by atoms with Crippen LogP contribution in [0.1, 0.15) is 71.1 Å². The molecule has 0 aromatic carbocycles. The van der Waals surface area contributed by atoms with Gasteiger partial charge in [0, 0.05) is 12.8 Å². The molecule has 3 atom stereocenters. The molecule has 1 saturated carbocycles. The number of ketones is 1. The molecule has 0 saturated heterocycles. The van der Waals surface area contributed by atoms with E-state index in [1.807, 2.05) is 30.4 Å². The Morgan fingerprint density at radius 1 is 1.13 bits per heavy atom. The van der Waals surface area contributed by atoms with Crippen LogP contribution in [0.25, 0.3) is 0 Å². The minimum Gasteiger partial charge on any atom is -0.467 e. The molecule has 166 valence electrons. The lowest BCUT2D eigenvalue weighted by Crippen LogP contribution is -2.48. The summed E-state index contributed by atoms with van der Waals surface area (Å²) >= 11 is 0. The summed E-state index contributed by atoms with van der Waals surface area (Å²) in [6.07, 6.45) is 21.0. The lowest BCUT2D eigenvalue weighted by Gasteiger charge is -2.29. The van der Waals surface area contributed by atoms with E-state index in [1.165, 1.54) is 19.1 Å². The van der Waals surface area contributed by atoms with Gasteiger partial charge in [0.15, 0.2) is 5.60 Å². The summed E-state index contributed by atoms with van der Waals surface area (Å²) in [6, 6.07) is 0. The molecule has 2 N–H and O–H groups in total. The first kappa shape index (κ1) is 24.3. The maximum atomic E-state index is 12.1. The molecule has 0 radical (unpaired) electrons. The number of rotatable bonds is 11. The molecule has 0 aliphatic heterocycles. The molecule has 0 heterocycles. The van der Waals surface area contributed by atoms with Crippen LogP contribution < -0.4 is 0 Å². The fraction of sp³-hybridized carbons (Fsp3) is 0.600. The first-order valence-corrected chi connectivity index (χ1v) is 11.0. The Morgan fingerprint density at radius 2 is 1.83 bits per heavy atom. The number of carbonyl (C=O) groups excluding carboxylic acids is 2. The highest BCUT2D eigenvalue weighted by molar-refractivity contribution is 5.92. The van der Waals surface area contributed by atoms with Crippen LogP contribution in [-0.2, 0) is 14.3 Å². The Kier molecular flexibility index (Phi) is 9.25. The zero-order chi connectivity index (χ0) is 22.0. The third-order valence-corrected chi connectivity index (χ3v) is 5.95. The van der Waals surface area contributed by atoms with Gasteiger partial charge >= 0.3 is 5.97 Å². The maximum absolute atomic E-state index is 12.1. The summed E-state index contributed by atoms with van der Waals surface area (Å²) in [5, 5.41) is 21.2. The van der Waals surface area contributed by atoms with Gasteiger partial charge in [-0.05, 0) is 58.3 Å². The summed E-state index contributed by atoms with van der Waals surface area (Å²) < 4.78 is 4.75. The number of allylic oxidation sites excluding steroid dienone is 5. The number of hydrogen-bond donors (Lipinski definition) is 2. The van der Waals surface area contributed by atoms with Gasteiger partial charge in [0.2, 0.25) is 0 Å². The number of aliphatic hydroxyl groups is 2. The molecule has 0 spiro atoms. The van der Waals surface area contributed by atoms with Gasteiger partial charge in [-0.15, -0.1) is 0 Å². The Hall–Kier alpha value is -1.98. The molecule has 30 heavy (non-hydrogen) atoms. The largest absolute Gasteiger partial charge is 0.467 e. The highest BCUT2D eigenvalue weighted by Crippen LogP contribution is 2.35. The summed E-state index contributed by atoms with van der Waals surface area (Å²) in [4.78, 5) is 24.1. The second kappa shape index (κ2) is 11.4. The summed E-state index contributed by atoms with van der Waals surface area (Å²) in [5.41, 5.74) is -1.33. The van der Waals surface area contributed by atoms with Crippen LogP contribution in [0.3, 0.4) is 0 Å². The average molecular weight is 417 g/mol. The average Bonchev–Trinajstić information content (AvgIpc) is 3.39. The number of methoxy groups -OCH3 is 1. The van der Waals surface area contributed by atoms with Gasteiger partial charge in [0.25, 0.3) is 0 Å². The number of unbranched alkanes of at least 4 members (excludes halogenated alkanes) is 1. The molecule has 1 unspecified atom stereocenters. The van der Waals surface area contributed by atoms with Crippen LogP contribution >= 0.6 is 0 Å². The minimum absolute atomic E-state index is 0.0652. The fourth-order valence-corrected chi connectivity index (χ4v) is 4.08. The highest BCUT2D eigenvalue weighted by Gasteiger charge is 2.49. The lowest BCUT2D eigenvalue weighted by atomic mass is 9.82. The van der Waals surface area contributed by atoms with E-state index in [9.17, 15) is 19.8 Å². The van der Waals surface area contributed by atoms with Crippen LogP contribution in [0.5, 0.6) is 0 Å². The predicted molar refractivity (Wildman–Crippen MR) is 118 cm³/mol. The Balaban J connectivity index is 1.75. The van der Waals surface area contributed by atoms with E-state index in [1.54, 1.807) is 13.0 Å². The van der Waals surface area contributed by atoms with E-state index < -0.39 is 23.1 Å². The van der Waals surface area contributed by atoms with Gasteiger partial charge in [0.05, 0.1) is 18.6 Å². The van der Waals surface area contributed by atoms with Crippen molar-refractivity contribution in [2.45, 2.75) is 82.3 Å². The third-order valence-electron chi connectivity index (χ3n) is 5.95. The van der Waals surface area contributed by atoms with Crippen LogP contribution in [-0.4, -0.2) is 40.3 Å². The lowest BCUT2D eigenvalue weighted by molar-refractivity contribution is -0.170. The van der Waals surface area contributed by atoms with Crippen molar-refractivity contribution in [3.8, 4) is 0 Å². The van der Waals surface area contributed by atoms with Crippen molar-refractivity contribution in [1.29, 1.82) is 0 Å². The second-order valence-electron chi connectivity index (χ2n) is 8.62. The van der Waals surface area contributed by atoms with Crippen molar-refractivity contribution in [2.75, 3.05) is 7.11 Å². The quantitative estimate of drug-likeness (QED) is 0.297. The fourth-order valence-electron chi connectivity index (χ4n) is 4.08. The zero-order valence-corrected chi connectivity index (χ0v) is 18.3. The third kappa shape index (κ3) is 7.06. The van der Waals surface area contributed by atoms with Crippen molar-refractivity contribution in [1.82, 2.24) is 0 Å². The molecule has 2 aliphatic rings. The molecular weight excluding hydrogens is 380 g/mol. The Labute approximate surface area is 180 Å². The highest BCUT2D eigenvalue weighted by atomic mass is 16.5. The molecule has 5 heteroatoms. The second-order valence-corrected chi connectivity index (χ2v) is 8.62. The van der Waals surface area contributed by atoms with Gasteiger partial charge in [0.1, 0.15) is 5.78 Å². The number of esters is 1. The number of Topliss-reactive ketones (excluding diaryl/α,β-unsaturated/α-hetero) is 1. The SMILES string of the molecule is COC(=O)[C@@](O)(C/C=C\CC/C=C/CC(C)(O)/C=C/C1=CCCC1)[C@H]1CCCC1=O. The summed E-state index contributed by atoms with van der Waals surface area (Å²) in [5.74, 6) is -1.48. The molecule has 2 rings (SSSR count). The van der Waals surface area contributed by atoms with Crippen LogP contribution in [0, 0.1) is 5.92 Å². The van der Waals surface area contributed by atoms with Crippen molar-refractivity contribution in [2.24, 2.45) is 5.92 Å². The molecule has 0 amide bonds. The molecule has 0 bridgehead atoms. The Morgan fingerprint density at radius 3 is 2.40 bits per heavy atom. The molecule has 0 aromatic rings. The molecule has 5 nitrogen and oxygen atoms in total. The topological polar surface area (TPSA) is 83.8 Å². The van der Waals surface area contributed by atoms with Crippen molar-refractivity contribution >= 4 is 11.8 Å². The molecule has 0 aromatic heterocycles. The normalized spacial score (nSPS) is 23.9. The number of hydrogen-bond acceptors (Lipinski definition) is 5. The van der Waals surface area contributed by atoms with Gasteiger partial charge in [-0.25, -0.2) is 4.79 Å². The first-order chi connectivity index (χ1) is 14.3. The minimum atomic E-state index is -1.77. The van der Waals surface area contributed by atoms with Crippen molar-refractivity contribution < 1.29 is 24.5 Å². The van der Waals surface area contributed by atoms with Gasteiger partial charge in [-0.3, -0.25) is 4.79 Å². The van der Waals surface area contributed by atoms with Gasteiger partial charge in [-0.2, -0.15) is 0 Å². The number of ether oxygens (including phenoxy) is 1. The predicted octanol–water partition coefficient (Wildman–Crippen LogP) is 4.35. The standard InChI is InChI=1S/C25H36O5/c1-24(28,19-16-20-12-7-8-13-20)17-9-5-3-4-6-10-18-25(29,23(27)30-2)21-14-11-15-22(21)26/h5-6,9-10,12,16,19,21,28-29H,3-4,7-8,11,13-15,17-18H2,1-2H3/b9-5+,10-6-,19-16+/t21-,24?,25+/m0/s1. The molecule has 1 fully saturated rings.